The van der Waals surface area contributed by atoms with Crippen molar-refractivity contribution >= 4 is 33.6 Å². The van der Waals surface area contributed by atoms with Crippen molar-refractivity contribution in [2.75, 3.05) is 0 Å². The van der Waals surface area contributed by atoms with Crippen molar-refractivity contribution in [1.29, 1.82) is 0 Å². The van der Waals surface area contributed by atoms with E-state index >= 15 is 0 Å². The van der Waals surface area contributed by atoms with Crippen LogP contribution in [0.2, 0.25) is 0 Å². The molecule has 0 saturated carbocycles. The monoisotopic (exact) mass is 251 g/mol. The van der Waals surface area contributed by atoms with Crippen LogP contribution < -0.4 is 0 Å². The van der Waals surface area contributed by atoms with Crippen molar-refractivity contribution in [3.8, 4) is 0 Å². The fourth-order valence-corrected chi connectivity index (χ4v) is 3.11. The number of hydrogen-bond donors (Lipinski definition) is 0. The quantitative estimate of drug-likeness (QED) is 0.639. The van der Waals surface area contributed by atoms with Gasteiger partial charge in [-0.1, -0.05) is 24.3 Å². The largest absolute Gasteiger partial charge is 0.265 e. The van der Waals surface area contributed by atoms with Gasteiger partial charge in [0.2, 0.25) is 0 Å². The summed E-state index contributed by atoms with van der Waals surface area (Å²) in [6.07, 6.45) is 7.96. The van der Waals surface area contributed by atoms with Gasteiger partial charge >= 0.3 is 0 Å². The minimum atomic E-state index is 1.18. The lowest BCUT2D eigenvalue weighted by Crippen LogP contribution is -1.73. The van der Waals surface area contributed by atoms with Crippen molar-refractivity contribution in [3.63, 3.8) is 0 Å². The smallest absolute Gasteiger partial charge is 0.0351 e. The Kier molecular flexibility index (Phi) is 2.95. The number of rotatable bonds is 2. The van der Waals surface area contributed by atoms with Gasteiger partial charge in [-0.05, 0) is 47.7 Å². The van der Waals surface area contributed by atoms with Crippen LogP contribution in [0.5, 0.6) is 0 Å². The molecule has 1 aromatic carbocycles. The van der Waals surface area contributed by atoms with Crippen molar-refractivity contribution in [2.24, 2.45) is 0 Å². The fraction of sp³-hybridized carbons (Fsp3) is 0.0625. The van der Waals surface area contributed by atoms with Crippen LogP contribution >= 0.6 is 11.3 Å². The molecule has 0 N–H and O–H groups in total. The molecule has 2 aromatic heterocycles. The van der Waals surface area contributed by atoms with Crippen LogP contribution in [0.4, 0.5) is 0 Å². The molecule has 0 aliphatic heterocycles. The number of pyridine rings is 1. The summed E-state index contributed by atoms with van der Waals surface area (Å²) in [4.78, 5) is 5.35. The number of benzene rings is 1. The molecular weight excluding hydrogens is 238 g/mol. The van der Waals surface area contributed by atoms with Crippen LogP contribution in [0.1, 0.15) is 16.0 Å². The number of nitrogens with zero attached hydrogens (tertiary/aromatic N) is 1. The Morgan fingerprint density at radius 3 is 2.56 bits per heavy atom. The summed E-state index contributed by atoms with van der Waals surface area (Å²) >= 11 is 1.84. The third kappa shape index (κ3) is 2.07. The summed E-state index contributed by atoms with van der Waals surface area (Å²) in [5.41, 5.74) is 2.54. The highest BCUT2D eigenvalue weighted by Crippen LogP contribution is 2.31. The summed E-state index contributed by atoms with van der Waals surface area (Å²) in [6, 6.07) is 12.6. The van der Waals surface area contributed by atoms with E-state index in [0.717, 1.165) is 0 Å². The first-order valence-corrected chi connectivity index (χ1v) is 6.72. The predicted octanol–water partition coefficient (Wildman–Crippen LogP) is 4.78. The molecule has 2 heterocycles. The number of aromatic nitrogens is 1. The zero-order valence-corrected chi connectivity index (χ0v) is 10.9. The summed E-state index contributed by atoms with van der Waals surface area (Å²) in [5.74, 6) is 0. The Morgan fingerprint density at radius 2 is 1.78 bits per heavy atom. The van der Waals surface area contributed by atoms with Crippen LogP contribution in [0.25, 0.3) is 22.2 Å². The highest BCUT2D eigenvalue weighted by molar-refractivity contribution is 7.20. The van der Waals surface area contributed by atoms with Crippen LogP contribution in [-0.4, -0.2) is 4.98 Å². The molecule has 0 spiro atoms. The average Bonchev–Trinajstić information content (AvgIpc) is 2.75. The zero-order valence-electron chi connectivity index (χ0n) is 10.1. The van der Waals surface area contributed by atoms with E-state index in [-0.39, 0.29) is 0 Å². The van der Waals surface area contributed by atoms with Crippen molar-refractivity contribution in [1.82, 2.24) is 4.98 Å². The molecule has 2 heteroatoms. The molecule has 0 unspecified atom stereocenters. The molecular formula is C16H13NS. The minimum absolute atomic E-state index is 1.18. The van der Waals surface area contributed by atoms with E-state index in [4.69, 9.17) is 0 Å². The van der Waals surface area contributed by atoms with Gasteiger partial charge in [0, 0.05) is 22.0 Å². The molecule has 0 aliphatic carbocycles. The van der Waals surface area contributed by atoms with Crippen molar-refractivity contribution in [2.45, 2.75) is 6.92 Å². The molecule has 0 fully saturated rings. The van der Waals surface area contributed by atoms with E-state index in [1.54, 1.807) is 0 Å². The molecule has 1 nitrogen and oxygen atoms in total. The first-order chi connectivity index (χ1) is 8.84. The van der Waals surface area contributed by atoms with Crippen LogP contribution in [-0.2, 0) is 0 Å². The molecule has 0 saturated heterocycles. The fourth-order valence-electron chi connectivity index (χ4n) is 2.00. The van der Waals surface area contributed by atoms with E-state index in [2.05, 4.69) is 48.3 Å². The SMILES string of the molecule is Cc1c(C=Cc2ccncc2)sc2ccccc12. The van der Waals surface area contributed by atoms with Gasteiger partial charge in [0.1, 0.15) is 0 Å². The average molecular weight is 251 g/mol. The Balaban J connectivity index is 2.00. The first kappa shape index (κ1) is 11.2. The number of fused-ring (bicyclic) bond motifs is 1. The predicted molar refractivity (Wildman–Crippen MR) is 79.7 cm³/mol. The number of aryl methyl sites for hydroxylation is 1. The standard InChI is InChI=1S/C16H13NS/c1-12-14-4-2-3-5-16(14)18-15(12)7-6-13-8-10-17-11-9-13/h2-11H,1H3. The third-order valence-electron chi connectivity index (χ3n) is 3.01. The lowest BCUT2D eigenvalue weighted by Gasteiger charge is -1.92. The Bertz CT molecular complexity index is 695. The molecule has 18 heavy (non-hydrogen) atoms. The molecule has 0 atom stereocenters. The summed E-state index contributed by atoms with van der Waals surface area (Å²) in [7, 11) is 0. The zero-order chi connectivity index (χ0) is 12.4. The van der Waals surface area contributed by atoms with E-state index in [9.17, 15) is 0 Å². The van der Waals surface area contributed by atoms with Gasteiger partial charge in [0.05, 0.1) is 0 Å². The molecule has 0 aliphatic rings. The van der Waals surface area contributed by atoms with Gasteiger partial charge in [0.15, 0.2) is 0 Å². The van der Waals surface area contributed by atoms with Gasteiger partial charge < -0.3 is 0 Å². The van der Waals surface area contributed by atoms with Gasteiger partial charge in [-0.2, -0.15) is 0 Å². The number of hydrogen-bond acceptors (Lipinski definition) is 2. The number of thiophene rings is 1. The molecule has 0 radical (unpaired) electrons. The first-order valence-electron chi connectivity index (χ1n) is 5.91. The van der Waals surface area contributed by atoms with Crippen molar-refractivity contribution < 1.29 is 0 Å². The Hall–Kier alpha value is -1.93. The molecule has 3 rings (SSSR count). The maximum absolute atomic E-state index is 4.02. The second kappa shape index (κ2) is 4.75. The summed E-state index contributed by atoms with van der Waals surface area (Å²) in [6.45, 7) is 2.19. The van der Waals surface area contributed by atoms with E-state index in [1.165, 1.54) is 26.1 Å². The topological polar surface area (TPSA) is 12.9 Å². The van der Waals surface area contributed by atoms with Gasteiger partial charge in [-0.3, -0.25) is 4.98 Å². The molecule has 88 valence electrons. The van der Waals surface area contributed by atoms with E-state index < -0.39 is 0 Å². The van der Waals surface area contributed by atoms with E-state index in [0.29, 0.717) is 0 Å². The third-order valence-corrected chi connectivity index (χ3v) is 4.25. The highest BCUT2D eigenvalue weighted by atomic mass is 32.1. The Morgan fingerprint density at radius 1 is 1.00 bits per heavy atom. The normalized spacial score (nSPS) is 11.4. The summed E-state index contributed by atoms with van der Waals surface area (Å²) < 4.78 is 1.35. The summed E-state index contributed by atoms with van der Waals surface area (Å²) in [5, 5.41) is 1.36. The minimum Gasteiger partial charge on any atom is -0.265 e. The maximum atomic E-state index is 4.02. The van der Waals surface area contributed by atoms with Gasteiger partial charge in [-0.15, -0.1) is 11.3 Å². The van der Waals surface area contributed by atoms with Gasteiger partial charge in [-0.25, -0.2) is 0 Å². The lowest BCUT2D eigenvalue weighted by molar-refractivity contribution is 1.32. The van der Waals surface area contributed by atoms with Crippen LogP contribution in [0.3, 0.4) is 0 Å². The molecule has 3 aromatic rings. The van der Waals surface area contributed by atoms with Gasteiger partial charge in [0.25, 0.3) is 0 Å². The molecule has 0 amide bonds. The second-order valence-corrected chi connectivity index (χ2v) is 5.29. The maximum Gasteiger partial charge on any atom is 0.0351 e. The Labute approximate surface area is 110 Å². The second-order valence-electron chi connectivity index (χ2n) is 4.20. The highest BCUT2D eigenvalue weighted by Gasteiger charge is 2.04. The molecule has 0 bridgehead atoms. The van der Waals surface area contributed by atoms with Crippen LogP contribution in [0, 0.1) is 6.92 Å². The van der Waals surface area contributed by atoms with E-state index in [1.807, 2.05) is 35.9 Å². The van der Waals surface area contributed by atoms with Crippen LogP contribution in [0.15, 0.2) is 48.8 Å². The lowest BCUT2D eigenvalue weighted by atomic mass is 10.1. The van der Waals surface area contributed by atoms with Crippen molar-refractivity contribution in [3.05, 3.63) is 64.8 Å².